The molecule has 0 aliphatic carbocycles. The van der Waals surface area contributed by atoms with E-state index < -0.39 is 0 Å². The molecule has 0 spiro atoms. The lowest BCUT2D eigenvalue weighted by molar-refractivity contribution is -0.115. The lowest BCUT2D eigenvalue weighted by Crippen LogP contribution is -2.30. The molecule has 2 N–H and O–H groups in total. The molecule has 2 aromatic carbocycles. The molecule has 0 heterocycles. The summed E-state index contributed by atoms with van der Waals surface area (Å²) in [5.74, 6) is -0.0339. The lowest BCUT2D eigenvalue weighted by Gasteiger charge is -2.21. The van der Waals surface area contributed by atoms with Gasteiger partial charge in [-0.05, 0) is 50.6 Å². The van der Waals surface area contributed by atoms with Crippen LogP contribution in [0.3, 0.4) is 0 Å². The van der Waals surface area contributed by atoms with Crippen LogP contribution in [0, 0.1) is 0 Å². The third kappa shape index (κ3) is 5.10. The second-order valence-electron chi connectivity index (χ2n) is 5.78. The van der Waals surface area contributed by atoms with Gasteiger partial charge >= 0.3 is 0 Å². The Balaban J connectivity index is 1.84. The first-order chi connectivity index (χ1) is 11.6. The highest BCUT2D eigenvalue weighted by atomic mass is 16.1. The van der Waals surface area contributed by atoms with E-state index in [1.807, 2.05) is 42.5 Å². The fraction of sp³-hybridized carbons (Fsp3) is 0.350. The summed E-state index contributed by atoms with van der Waals surface area (Å²) >= 11 is 0. The molecule has 0 aromatic heterocycles. The predicted molar refractivity (Wildman–Crippen MR) is 101 cm³/mol. The van der Waals surface area contributed by atoms with Crippen LogP contribution in [0.15, 0.2) is 54.6 Å². The minimum atomic E-state index is -0.0339. The van der Waals surface area contributed by atoms with E-state index >= 15 is 0 Å². The van der Waals surface area contributed by atoms with Gasteiger partial charge in [-0.2, -0.15) is 0 Å². The lowest BCUT2D eigenvalue weighted by atomic mass is 10.1. The van der Waals surface area contributed by atoms with Crippen LogP contribution >= 0.6 is 0 Å². The van der Waals surface area contributed by atoms with E-state index in [0.29, 0.717) is 0 Å². The summed E-state index contributed by atoms with van der Waals surface area (Å²) in [6.07, 6.45) is 0. The number of nitrogens with zero attached hydrogens (tertiary/aromatic N) is 1. The predicted octanol–water partition coefficient (Wildman–Crippen LogP) is 3.82. The van der Waals surface area contributed by atoms with E-state index in [1.165, 1.54) is 11.3 Å². The molecule has 0 saturated heterocycles. The quantitative estimate of drug-likeness (QED) is 0.775. The fourth-order valence-corrected chi connectivity index (χ4v) is 2.65. The maximum absolute atomic E-state index is 12.1. The zero-order chi connectivity index (χ0) is 17.4. The van der Waals surface area contributed by atoms with Crippen molar-refractivity contribution in [1.29, 1.82) is 0 Å². The largest absolute Gasteiger partial charge is 0.372 e. The molecule has 0 saturated carbocycles. The molecule has 4 nitrogen and oxygen atoms in total. The Bertz CT molecular complexity index is 621. The Morgan fingerprint density at radius 1 is 1.00 bits per heavy atom. The normalized spacial score (nSPS) is 11.8. The van der Waals surface area contributed by atoms with Crippen molar-refractivity contribution >= 4 is 17.3 Å². The first kappa shape index (κ1) is 18.0. The van der Waals surface area contributed by atoms with Crippen LogP contribution in [0.2, 0.25) is 0 Å². The van der Waals surface area contributed by atoms with Gasteiger partial charge in [-0.3, -0.25) is 4.79 Å². The van der Waals surface area contributed by atoms with Crippen molar-refractivity contribution in [3.8, 4) is 0 Å². The van der Waals surface area contributed by atoms with Crippen LogP contribution in [0.4, 0.5) is 11.4 Å². The molecule has 0 aliphatic heterocycles. The molecule has 2 rings (SSSR count). The van der Waals surface area contributed by atoms with E-state index in [2.05, 4.69) is 48.4 Å². The van der Waals surface area contributed by atoms with Crippen molar-refractivity contribution in [3.63, 3.8) is 0 Å². The van der Waals surface area contributed by atoms with Crippen LogP contribution in [0.5, 0.6) is 0 Å². The monoisotopic (exact) mass is 325 g/mol. The Morgan fingerprint density at radius 2 is 1.62 bits per heavy atom. The third-order valence-corrected chi connectivity index (χ3v) is 4.15. The summed E-state index contributed by atoms with van der Waals surface area (Å²) in [6, 6.07) is 18.2. The van der Waals surface area contributed by atoms with Crippen LogP contribution in [-0.4, -0.2) is 25.5 Å². The summed E-state index contributed by atoms with van der Waals surface area (Å²) in [7, 11) is 0. The second kappa shape index (κ2) is 9.08. The van der Waals surface area contributed by atoms with E-state index in [4.69, 9.17) is 0 Å². The molecule has 24 heavy (non-hydrogen) atoms. The summed E-state index contributed by atoms with van der Waals surface area (Å²) < 4.78 is 0. The van der Waals surface area contributed by atoms with Gasteiger partial charge in [0.2, 0.25) is 5.91 Å². The number of amides is 1. The highest BCUT2D eigenvalue weighted by Gasteiger charge is 2.08. The standard InChI is InChI=1S/C20H27N3O/c1-4-23(5-2)19-13-11-18(12-14-19)22-20(24)15-21-16(3)17-9-7-6-8-10-17/h6-14,16,21H,4-5,15H2,1-3H3,(H,22,24). The molecule has 0 aliphatic rings. The molecule has 1 amide bonds. The Labute approximate surface area is 144 Å². The molecule has 0 radical (unpaired) electrons. The van der Waals surface area contributed by atoms with E-state index in [0.717, 1.165) is 18.8 Å². The molecule has 0 fully saturated rings. The number of carbonyl (C=O) groups excluding carboxylic acids is 1. The Morgan fingerprint density at radius 3 is 2.21 bits per heavy atom. The minimum Gasteiger partial charge on any atom is -0.372 e. The van der Waals surface area contributed by atoms with Gasteiger partial charge in [-0.1, -0.05) is 30.3 Å². The van der Waals surface area contributed by atoms with E-state index in [-0.39, 0.29) is 18.5 Å². The molecular weight excluding hydrogens is 298 g/mol. The van der Waals surface area contributed by atoms with Gasteiger partial charge in [0.05, 0.1) is 6.54 Å². The number of rotatable bonds is 8. The zero-order valence-electron chi connectivity index (χ0n) is 14.8. The Hall–Kier alpha value is -2.33. The molecule has 128 valence electrons. The Kier molecular flexibility index (Phi) is 6.82. The van der Waals surface area contributed by atoms with Crippen molar-refractivity contribution in [2.75, 3.05) is 29.9 Å². The highest BCUT2D eigenvalue weighted by molar-refractivity contribution is 5.92. The summed E-state index contributed by atoms with van der Waals surface area (Å²) in [4.78, 5) is 14.4. The minimum absolute atomic E-state index is 0.0339. The molecule has 1 unspecified atom stereocenters. The maximum atomic E-state index is 12.1. The number of anilines is 2. The van der Waals surface area contributed by atoms with Gasteiger partial charge in [-0.15, -0.1) is 0 Å². The third-order valence-electron chi connectivity index (χ3n) is 4.15. The SMILES string of the molecule is CCN(CC)c1ccc(NC(=O)CNC(C)c2ccccc2)cc1. The van der Waals surface area contributed by atoms with Gasteiger partial charge in [0.1, 0.15) is 0 Å². The van der Waals surface area contributed by atoms with Crippen molar-refractivity contribution in [2.24, 2.45) is 0 Å². The smallest absolute Gasteiger partial charge is 0.238 e. The molecule has 1 atom stereocenters. The molecule has 2 aromatic rings. The van der Waals surface area contributed by atoms with E-state index in [9.17, 15) is 4.79 Å². The number of hydrogen-bond acceptors (Lipinski definition) is 3. The molecule has 0 bridgehead atoms. The van der Waals surface area contributed by atoms with Crippen molar-refractivity contribution in [1.82, 2.24) is 5.32 Å². The maximum Gasteiger partial charge on any atom is 0.238 e. The number of nitrogens with one attached hydrogen (secondary N) is 2. The number of carbonyl (C=O) groups is 1. The first-order valence-electron chi connectivity index (χ1n) is 8.57. The first-order valence-corrected chi connectivity index (χ1v) is 8.57. The summed E-state index contributed by atoms with van der Waals surface area (Å²) in [5, 5.41) is 6.18. The zero-order valence-corrected chi connectivity index (χ0v) is 14.8. The van der Waals surface area contributed by atoms with Gasteiger partial charge in [0, 0.05) is 30.5 Å². The van der Waals surface area contributed by atoms with Gasteiger partial charge < -0.3 is 15.5 Å². The van der Waals surface area contributed by atoms with Gasteiger partial charge in [0.15, 0.2) is 0 Å². The van der Waals surface area contributed by atoms with Crippen LogP contribution in [-0.2, 0) is 4.79 Å². The average Bonchev–Trinajstić information content (AvgIpc) is 2.63. The number of hydrogen-bond donors (Lipinski definition) is 2. The van der Waals surface area contributed by atoms with Crippen molar-refractivity contribution < 1.29 is 4.79 Å². The average molecular weight is 325 g/mol. The van der Waals surface area contributed by atoms with Crippen LogP contribution in [0.25, 0.3) is 0 Å². The molecule has 4 heteroatoms. The highest BCUT2D eigenvalue weighted by Crippen LogP contribution is 2.17. The topological polar surface area (TPSA) is 44.4 Å². The molecular formula is C20H27N3O. The van der Waals surface area contributed by atoms with Gasteiger partial charge in [-0.25, -0.2) is 0 Å². The fourth-order valence-electron chi connectivity index (χ4n) is 2.65. The summed E-state index contributed by atoms with van der Waals surface area (Å²) in [5.41, 5.74) is 3.17. The van der Waals surface area contributed by atoms with Crippen molar-refractivity contribution in [2.45, 2.75) is 26.8 Å². The summed E-state index contributed by atoms with van der Waals surface area (Å²) in [6.45, 7) is 8.57. The van der Waals surface area contributed by atoms with Crippen molar-refractivity contribution in [3.05, 3.63) is 60.2 Å². The van der Waals surface area contributed by atoms with E-state index in [1.54, 1.807) is 0 Å². The van der Waals surface area contributed by atoms with Gasteiger partial charge in [0.25, 0.3) is 0 Å². The van der Waals surface area contributed by atoms with Crippen LogP contribution < -0.4 is 15.5 Å². The second-order valence-corrected chi connectivity index (χ2v) is 5.78. The number of benzene rings is 2. The van der Waals surface area contributed by atoms with Crippen LogP contribution in [0.1, 0.15) is 32.4 Å².